The minimum Gasteiger partial charge on any atom is -0.496 e. The van der Waals surface area contributed by atoms with Gasteiger partial charge in [-0.2, -0.15) is 0 Å². The zero-order valence-electron chi connectivity index (χ0n) is 20.5. The fourth-order valence-corrected chi connectivity index (χ4v) is 4.47. The fourth-order valence-electron chi connectivity index (χ4n) is 4.47. The molecule has 0 saturated heterocycles. The number of carbonyl (C=O) groups is 2. The third kappa shape index (κ3) is 4.69. The summed E-state index contributed by atoms with van der Waals surface area (Å²) in [6.45, 7) is 9.42. The molecule has 5 nitrogen and oxygen atoms in total. The number of hydrogen-bond acceptors (Lipinski definition) is 4. The predicted octanol–water partition coefficient (Wildman–Crippen LogP) is 6.00. The Hall–Kier alpha value is -3.60. The number of ketones is 1. The molecule has 0 unspecified atom stereocenters. The predicted molar refractivity (Wildman–Crippen MR) is 139 cm³/mol. The Morgan fingerprint density at radius 3 is 2.44 bits per heavy atom. The van der Waals surface area contributed by atoms with Gasteiger partial charge in [0.25, 0.3) is 5.91 Å². The van der Waals surface area contributed by atoms with E-state index in [9.17, 15) is 9.59 Å². The van der Waals surface area contributed by atoms with Crippen molar-refractivity contribution in [1.82, 2.24) is 0 Å². The number of rotatable bonds is 6. The van der Waals surface area contributed by atoms with Gasteiger partial charge in [0.05, 0.1) is 12.7 Å². The van der Waals surface area contributed by atoms with Gasteiger partial charge in [-0.1, -0.05) is 45.9 Å². The SMILES string of the molecule is COc1c(C(C)C)cc(C=C2C=CC=C(C(=O)Nc3ccc4c(c3)NCC4)C2=O)cc1C(C)C. The Morgan fingerprint density at radius 2 is 1.79 bits per heavy atom. The van der Waals surface area contributed by atoms with Gasteiger partial charge in [-0.15, -0.1) is 0 Å². The van der Waals surface area contributed by atoms with E-state index in [1.165, 1.54) is 5.56 Å². The number of allylic oxidation sites excluding steroid dienone is 4. The Balaban J connectivity index is 1.60. The Labute approximate surface area is 201 Å². The van der Waals surface area contributed by atoms with E-state index >= 15 is 0 Å². The van der Waals surface area contributed by atoms with Crippen LogP contribution in [-0.4, -0.2) is 25.3 Å². The Kier molecular flexibility index (Phi) is 6.73. The van der Waals surface area contributed by atoms with Gasteiger partial charge in [0.2, 0.25) is 0 Å². The summed E-state index contributed by atoms with van der Waals surface area (Å²) in [6, 6.07) is 9.94. The number of benzene rings is 2. The zero-order chi connectivity index (χ0) is 24.4. The molecule has 0 radical (unpaired) electrons. The zero-order valence-corrected chi connectivity index (χ0v) is 20.5. The molecule has 2 N–H and O–H groups in total. The van der Waals surface area contributed by atoms with Crippen LogP contribution in [0.5, 0.6) is 5.75 Å². The summed E-state index contributed by atoms with van der Waals surface area (Å²) in [6.07, 6.45) is 7.92. The minimum atomic E-state index is -0.404. The first kappa shape index (κ1) is 23.6. The normalized spacial score (nSPS) is 16.0. The van der Waals surface area contributed by atoms with Gasteiger partial charge in [0.1, 0.15) is 5.75 Å². The van der Waals surface area contributed by atoms with E-state index in [1.807, 2.05) is 24.3 Å². The molecule has 0 aromatic heterocycles. The second-order valence-electron chi connectivity index (χ2n) is 9.41. The highest BCUT2D eigenvalue weighted by atomic mass is 16.5. The van der Waals surface area contributed by atoms with Gasteiger partial charge in [0, 0.05) is 23.5 Å². The van der Waals surface area contributed by atoms with Crippen LogP contribution in [0.4, 0.5) is 11.4 Å². The lowest BCUT2D eigenvalue weighted by atomic mass is 9.89. The second kappa shape index (κ2) is 9.72. The van der Waals surface area contributed by atoms with E-state index in [0.717, 1.165) is 41.1 Å². The van der Waals surface area contributed by atoms with Crippen LogP contribution in [0.1, 0.15) is 61.8 Å². The number of carbonyl (C=O) groups excluding carboxylic acids is 2. The van der Waals surface area contributed by atoms with Crippen LogP contribution >= 0.6 is 0 Å². The molecule has 0 spiro atoms. The molecule has 1 aliphatic carbocycles. The maximum absolute atomic E-state index is 13.2. The molecule has 1 amide bonds. The maximum atomic E-state index is 13.2. The molecule has 2 aromatic rings. The van der Waals surface area contributed by atoms with Crippen molar-refractivity contribution < 1.29 is 14.3 Å². The highest BCUT2D eigenvalue weighted by molar-refractivity contribution is 6.31. The summed E-state index contributed by atoms with van der Waals surface area (Å²) in [5.41, 5.74) is 6.68. The minimum absolute atomic E-state index is 0.129. The van der Waals surface area contributed by atoms with Crippen molar-refractivity contribution in [3.05, 3.63) is 82.0 Å². The highest BCUT2D eigenvalue weighted by Gasteiger charge is 2.24. The molecule has 34 heavy (non-hydrogen) atoms. The van der Waals surface area contributed by atoms with E-state index in [4.69, 9.17) is 4.74 Å². The number of Topliss-reactive ketones (excluding diaryl/α,β-unsaturated/α-hetero) is 1. The smallest absolute Gasteiger partial charge is 0.259 e. The van der Waals surface area contributed by atoms with Crippen molar-refractivity contribution in [3.63, 3.8) is 0 Å². The number of nitrogens with one attached hydrogen (secondary N) is 2. The summed E-state index contributed by atoms with van der Waals surface area (Å²) in [7, 11) is 1.70. The van der Waals surface area contributed by atoms with Gasteiger partial charge in [-0.05, 0) is 76.9 Å². The summed E-state index contributed by atoms with van der Waals surface area (Å²) in [4.78, 5) is 26.2. The van der Waals surface area contributed by atoms with Gasteiger partial charge in [-0.25, -0.2) is 0 Å². The molecular formula is C29H32N2O3. The van der Waals surface area contributed by atoms with E-state index in [2.05, 4.69) is 50.5 Å². The first-order valence-corrected chi connectivity index (χ1v) is 11.8. The van der Waals surface area contributed by atoms with E-state index < -0.39 is 5.91 Å². The van der Waals surface area contributed by atoms with Gasteiger partial charge < -0.3 is 15.4 Å². The summed E-state index contributed by atoms with van der Waals surface area (Å²) in [5.74, 6) is 0.755. The Bertz CT molecular complexity index is 1200. The number of amides is 1. The van der Waals surface area contributed by atoms with Crippen LogP contribution in [0.15, 0.2) is 59.7 Å². The molecular weight excluding hydrogens is 424 g/mol. The van der Waals surface area contributed by atoms with Crippen molar-refractivity contribution in [2.45, 2.75) is 46.0 Å². The van der Waals surface area contributed by atoms with Crippen molar-refractivity contribution in [2.24, 2.45) is 0 Å². The van der Waals surface area contributed by atoms with Gasteiger partial charge >= 0.3 is 0 Å². The average molecular weight is 457 g/mol. The van der Waals surface area contributed by atoms with E-state index in [-0.39, 0.29) is 23.2 Å². The molecule has 0 saturated carbocycles. The fraction of sp³-hybridized carbons (Fsp3) is 0.310. The molecule has 176 valence electrons. The van der Waals surface area contributed by atoms with E-state index in [1.54, 1.807) is 25.3 Å². The number of anilines is 2. The van der Waals surface area contributed by atoms with Crippen LogP contribution in [0.25, 0.3) is 6.08 Å². The van der Waals surface area contributed by atoms with Crippen LogP contribution < -0.4 is 15.4 Å². The lowest BCUT2D eigenvalue weighted by molar-refractivity contribution is -0.118. The molecule has 0 atom stereocenters. The molecule has 1 aliphatic heterocycles. The topological polar surface area (TPSA) is 67.4 Å². The monoisotopic (exact) mass is 456 g/mol. The number of methoxy groups -OCH3 is 1. The van der Waals surface area contributed by atoms with Crippen molar-refractivity contribution in [2.75, 3.05) is 24.3 Å². The van der Waals surface area contributed by atoms with Crippen LogP contribution in [0, 0.1) is 0 Å². The molecule has 0 bridgehead atoms. The quantitative estimate of drug-likeness (QED) is 0.413. The Morgan fingerprint density at radius 1 is 1.09 bits per heavy atom. The van der Waals surface area contributed by atoms with E-state index in [0.29, 0.717) is 11.3 Å². The molecule has 5 heteroatoms. The molecule has 0 fully saturated rings. The van der Waals surface area contributed by atoms with Crippen LogP contribution in [-0.2, 0) is 16.0 Å². The molecule has 2 aliphatic rings. The number of fused-ring (bicyclic) bond motifs is 1. The van der Waals surface area contributed by atoms with Crippen LogP contribution in [0.3, 0.4) is 0 Å². The van der Waals surface area contributed by atoms with Crippen molar-refractivity contribution in [3.8, 4) is 5.75 Å². The maximum Gasteiger partial charge on any atom is 0.259 e. The molecule has 2 aromatic carbocycles. The number of ether oxygens (including phenoxy) is 1. The first-order valence-electron chi connectivity index (χ1n) is 11.8. The van der Waals surface area contributed by atoms with Crippen molar-refractivity contribution >= 4 is 29.1 Å². The second-order valence-corrected chi connectivity index (χ2v) is 9.41. The highest BCUT2D eigenvalue weighted by Crippen LogP contribution is 2.36. The lowest BCUT2D eigenvalue weighted by Crippen LogP contribution is -2.22. The van der Waals surface area contributed by atoms with Gasteiger partial charge in [-0.3, -0.25) is 9.59 Å². The van der Waals surface area contributed by atoms with Crippen molar-refractivity contribution in [1.29, 1.82) is 0 Å². The summed E-state index contributed by atoms with van der Waals surface area (Å²) < 4.78 is 5.73. The number of hydrogen-bond donors (Lipinski definition) is 2. The average Bonchev–Trinajstić information content (AvgIpc) is 3.27. The van der Waals surface area contributed by atoms with Gasteiger partial charge in [0.15, 0.2) is 5.78 Å². The molecule has 4 rings (SSSR count). The van der Waals surface area contributed by atoms with Crippen LogP contribution in [0.2, 0.25) is 0 Å². The summed E-state index contributed by atoms with van der Waals surface area (Å²) in [5, 5.41) is 6.18. The standard InChI is InChI=1S/C29H32N2O3/c1-17(2)24-14-19(15-25(18(3)4)28(24)34-5)13-21-7-6-8-23(27(21)32)29(33)31-22-10-9-20-11-12-30-26(20)16-22/h6-10,13-18,30H,11-12H2,1-5H3,(H,31,33). The summed E-state index contributed by atoms with van der Waals surface area (Å²) >= 11 is 0. The lowest BCUT2D eigenvalue weighted by Gasteiger charge is -2.20. The first-order chi connectivity index (χ1) is 16.3. The largest absolute Gasteiger partial charge is 0.496 e. The third-order valence-corrected chi connectivity index (χ3v) is 6.31. The molecule has 1 heterocycles. The third-order valence-electron chi connectivity index (χ3n) is 6.31.